The highest BCUT2D eigenvalue weighted by molar-refractivity contribution is 5.95. The minimum absolute atomic E-state index is 0.255. The van der Waals surface area contributed by atoms with Gasteiger partial charge >= 0.3 is 0 Å². The van der Waals surface area contributed by atoms with E-state index in [1.54, 1.807) is 18.2 Å². The fourth-order valence-electron chi connectivity index (χ4n) is 2.46. The lowest BCUT2D eigenvalue weighted by Crippen LogP contribution is -2.34. The quantitative estimate of drug-likeness (QED) is 0.756. The molecule has 0 saturated heterocycles. The maximum atomic E-state index is 12.5. The second-order valence-corrected chi connectivity index (χ2v) is 5.82. The molecule has 134 valence electrons. The van der Waals surface area contributed by atoms with Gasteiger partial charge in [0.15, 0.2) is 11.5 Å². The van der Waals surface area contributed by atoms with Crippen LogP contribution in [0.15, 0.2) is 36.4 Å². The number of rotatable bonds is 7. The van der Waals surface area contributed by atoms with E-state index in [9.17, 15) is 4.79 Å². The minimum Gasteiger partial charge on any atom is -0.490 e. The zero-order valence-corrected chi connectivity index (χ0v) is 15.3. The van der Waals surface area contributed by atoms with Crippen LogP contribution in [0.25, 0.3) is 0 Å². The lowest BCUT2D eigenvalue weighted by molar-refractivity contribution is 0.0937. The van der Waals surface area contributed by atoms with Crippen molar-refractivity contribution in [1.82, 2.24) is 5.32 Å². The maximum Gasteiger partial charge on any atom is 0.252 e. The first-order chi connectivity index (χ1) is 12.0. The molecule has 1 atom stereocenters. The molecule has 0 bridgehead atoms. The Morgan fingerprint density at radius 1 is 1.00 bits per heavy atom. The Morgan fingerprint density at radius 3 is 2.32 bits per heavy atom. The highest BCUT2D eigenvalue weighted by atomic mass is 16.5. The smallest absolute Gasteiger partial charge is 0.252 e. The first kappa shape index (κ1) is 18.8. The molecule has 25 heavy (non-hydrogen) atoms. The van der Waals surface area contributed by atoms with Gasteiger partial charge in [-0.3, -0.25) is 4.79 Å². The van der Waals surface area contributed by atoms with E-state index in [2.05, 4.69) is 5.32 Å². The third-order valence-corrected chi connectivity index (χ3v) is 3.98. The normalized spacial score (nSPS) is 11.7. The van der Waals surface area contributed by atoms with Crippen molar-refractivity contribution in [3.8, 4) is 11.5 Å². The lowest BCUT2D eigenvalue weighted by atomic mass is 10.0. The Morgan fingerprint density at radius 2 is 1.68 bits per heavy atom. The van der Waals surface area contributed by atoms with Gasteiger partial charge in [-0.25, -0.2) is 0 Å². The van der Waals surface area contributed by atoms with E-state index < -0.39 is 6.17 Å². The van der Waals surface area contributed by atoms with Crippen molar-refractivity contribution in [2.24, 2.45) is 5.73 Å². The molecule has 2 aromatic rings. The Kier molecular flexibility index (Phi) is 6.42. The summed E-state index contributed by atoms with van der Waals surface area (Å²) in [7, 11) is 0. The molecule has 0 heterocycles. The van der Waals surface area contributed by atoms with Crippen LogP contribution in [0.2, 0.25) is 0 Å². The molecule has 0 fully saturated rings. The van der Waals surface area contributed by atoms with Crippen LogP contribution in [-0.4, -0.2) is 19.1 Å². The average molecular weight is 342 g/mol. The Labute approximate surface area is 149 Å². The average Bonchev–Trinajstić information content (AvgIpc) is 2.59. The number of nitrogens with two attached hydrogens (primary N) is 1. The summed E-state index contributed by atoms with van der Waals surface area (Å²) in [6, 6.07) is 11.0. The van der Waals surface area contributed by atoms with Gasteiger partial charge < -0.3 is 20.5 Å². The number of hydrogen-bond acceptors (Lipinski definition) is 4. The van der Waals surface area contributed by atoms with E-state index in [-0.39, 0.29) is 5.91 Å². The van der Waals surface area contributed by atoms with Crippen molar-refractivity contribution in [2.75, 3.05) is 13.2 Å². The Bertz CT molecular complexity index is 744. The van der Waals surface area contributed by atoms with Crippen LogP contribution in [0.1, 0.15) is 47.1 Å². The molecule has 0 radical (unpaired) electrons. The molecule has 0 aliphatic rings. The third-order valence-electron chi connectivity index (χ3n) is 3.98. The minimum atomic E-state index is -0.575. The van der Waals surface area contributed by atoms with Gasteiger partial charge in [0.1, 0.15) is 6.17 Å². The van der Waals surface area contributed by atoms with Gasteiger partial charge in [0.05, 0.1) is 13.2 Å². The molecule has 1 amide bonds. The molecule has 0 aliphatic carbocycles. The molecule has 0 aliphatic heterocycles. The number of nitrogens with one attached hydrogen (secondary N) is 1. The number of ether oxygens (including phenoxy) is 2. The number of amides is 1. The highest BCUT2D eigenvalue weighted by Gasteiger charge is 2.15. The van der Waals surface area contributed by atoms with Gasteiger partial charge in [0.25, 0.3) is 5.91 Å². The van der Waals surface area contributed by atoms with Gasteiger partial charge in [-0.1, -0.05) is 18.2 Å². The number of aryl methyl sites for hydroxylation is 2. The SMILES string of the molecule is CCOc1ccc(C(=O)NC(N)c2ccc(C)c(C)c2)cc1OCC. The van der Waals surface area contributed by atoms with Crippen LogP contribution in [0.4, 0.5) is 0 Å². The third kappa shape index (κ3) is 4.73. The molecule has 2 rings (SSSR count). The van der Waals surface area contributed by atoms with Gasteiger partial charge in [0, 0.05) is 5.56 Å². The summed E-state index contributed by atoms with van der Waals surface area (Å²) in [6.45, 7) is 8.88. The standard InChI is InChI=1S/C20H26N2O3/c1-5-24-17-10-9-16(12-18(17)25-6-2)20(23)22-19(21)15-8-7-13(3)14(4)11-15/h7-12,19H,5-6,21H2,1-4H3,(H,22,23). The first-order valence-corrected chi connectivity index (χ1v) is 8.49. The molecule has 5 nitrogen and oxygen atoms in total. The van der Waals surface area contributed by atoms with Crippen LogP contribution >= 0.6 is 0 Å². The zero-order valence-electron chi connectivity index (χ0n) is 15.3. The van der Waals surface area contributed by atoms with Crippen molar-refractivity contribution >= 4 is 5.91 Å². The predicted molar refractivity (Wildman–Crippen MR) is 99.1 cm³/mol. The van der Waals surface area contributed by atoms with Crippen molar-refractivity contribution in [3.05, 3.63) is 58.7 Å². The fraction of sp³-hybridized carbons (Fsp3) is 0.350. The molecular formula is C20H26N2O3. The lowest BCUT2D eigenvalue weighted by Gasteiger charge is -2.17. The predicted octanol–water partition coefficient (Wildman–Crippen LogP) is 3.49. The van der Waals surface area contributed by atoms with Crippen LogP contribution in [0, 0.1) is 13.8 Å². The van der Waals surface area contributed by atoms with Gasteiger partial charge in [-0.05, 0) is 62.6 Å². The molecule has 0 saturated carbocycles. The van der Waals surface area contributed by atoms with Crippen LogP contribution < -0.4 is 20.5 Å². The second-order valence-electron chi connectivity index (χ2n) is 5.82. The van der Waals surface area contributed by atoms with Crippen LogP contribution in [0.3, 0.4) is 0 Å². The van der Waals surface area contributed by atoms with Gasteiger partial charge in [-0.2, -0.15) is 0 Å². The molecule has 2 aromatic carbocycles. The molecular weight excluding hydrogens is 316 g/mol. The number of carbonyl (C=O) groups is 1. The van der Waals surface area contributed by atoms with Crippen molar-refractivity contribution in [2.45, 2.75) is 33.9 Å². The first-order valence-electron chi connectivity index (χ1n) is 8.49. The van der Waals surface area contributed by atoms with E-state index in [0.29, 0.717) is 30.3 Å². The molecule has 0 spiro atoms. The van der Waals surface area contributed by atoms with Gasteiger partial charge in [-0.15, -0.1) is 0 Å². The second kappa shape index (κ2) is 8.53. The van der Waals surface area contributed by atoms with Crippen molar-refractivity contribution in [1.29, 1.82) is 0 Å². The molecule has 0 aromatic heterocycles. The molecule has 1 unspecified atom stereocenters. The van der Waals surface area contributed by atoms with E-state index in [1.165, 1.54) is 5.56 Å². The number of carbonyl (C=O) groups excluding carboxylic acids is 1. The number of benzene rings is 2. The highest BCUT2D eigenvalue weighted by Crippen LogP contribution is 2.28. The van der Waals surface area contributed by atoms with Crippen LogP contribution in [-0.2, 0) is 0 Å². The van der Waals surface area contributed by atoms with Crippen molar-refractivity contribution < 1.29 is 14.3 Å². The Balaban J connectivity index is 2.16. The monoisotopic (exact) mass is 342 g/mol. The Hall–Kier alpha value is -2.53. The summed E-state index contributed by atoms with van der Waals surface area (Å²) in [6.07, 6.45) is -0.575. The zero-order chi connectivity index (χ0) is 18.4. The van der Waals surface area contributed by atoms with Crippen LogP contribution in [0.5, 0.6) is 11.5 Å². The summed E-state index contributed by atoms with van der Waals surface area (Å²) in [5.41, 5.74) is 9.82. The maximum absolute atomic E-state index is 12.5. The molecule has 5 heteroatoms. The molecule has 3 N–H and O–H groups in total. The summed E-state index contributed by atoms with van der Waals surface area (Å²) >= 11 is 0. The van der Waals surface area contributed by atoms with E-state index in [1.807, 2.05) is 45.9 Å². The summed E-state index contributed by atoms with van der Waals surface area (Å²) in [5, 5.41) is 2.82. The topological polar surface area (TPSA) is 73.6 Å². The number of hydrogen-bond donors (Lipinski definition) is 2. The summed E-state index contributed by atoms with van der Waals surface area (Å²) in [4.78, 5) is 12.5. The fourth-order valence-corrected chi connectivity index (χ4v) is 2.46. The summed E-state index contributed by atoms with van der Waals surface area (Å²) in [5.74, 6) is 0.922. The summed E-state index contributed by atoms with van der Waals surface area (Å²) < 4.78 is 11.1. The van der Waals surface area contributed by atoms with E-state index in [4.69, 9.17) is 15.2 Å². The van der Waals surface area contributed by atoms with Gasteiger partial charge in [0.2, 0.25) is 0 Å². The van der Waals surface area contributed by atoms with Crippen molar-refractivity contribution in [3.63, 3.8) is 0 Å². The van der Waals surface area contributed by atoms with E-state index >= 15 is 0 Å². The largest absolute Gasteiger partial charge is 0.490 e. The van der Waals surface area contributed by atoms with E-state index in [0.717, 1.165) is 11.1 Å².